The molecule has 9 heteroatoms. The predicted octanol–water partition coefficient (Wildman–Crippen LogP) is 5.08. The first kappa shape index (κ1) is 23.1. The van der Waals surface area contributed by atoms with E-state index in [9.17, 15) is 13.2 Å². The van der Waals surface area contributed by atoms with Gasteiger partial charge in [0.05, 0.1) is 22.7 Å². The number of rotatable bonds is 7. The van der Waals surface area contributed by atoms with Gasteiger partial charge in [0.2, 0.25) is 10.0 Å². The second-order valence-electron chi connectivity index (χ2n) is 6.68. The Bertz CT molecular complexity index is 1200. The number of nitrogens with one attached hydrogen (secondary N) is 1. The van der Waals surface area contributed by atoms with Crippen molar-refractivity contribution in [1.82, 2.24) is 4.31 Å². The molecule has 0 aliphatic rings. The summed E-state index contributed by atoms with van der Waals surface area (Å²) in [4.78, 5) is 12.9. The summed E-state index contributed by atoms with van der Waals surface area (Å²) < 4.78 is 32.3. The van der Waals surface area contributed by atoms with Gasteiger partial charge in [0.1, 0.15) is 5.75 Å². The van der Waals surface area contributed by atoms with Gasteiger partial charge in [0.25, 0.3) is 5.91 Å². The molecule has 0 saturated heterocycles. The highest BCUT2D eigenvalue weighted by molar-refractivity contribution is 7.89. The maximum absolute atomic E-state index is 12.8. The number of carbonyl (C=O) groups is 1. The van der Waals surface area contributed by atoms with Crippen LogP contribution in [0.15, 0.2) is 71.6 Å². The molecular weight excluding hydrogens is 459 g/mol. The molecule has 3 rings (SSSR count). The molecule has 0 saturated carbocycles. The summed E-state index contributed by atoms with van der Waals surface area (Å²) in [7, 11) is -0.754. The second-order valence-corrected chi connectivity index (χ2v) is 9.57. The summed E-state index contributed by atoms with van der Waals surface area (Å²) >= 11 is 12.1. The number of halogens is 2. The van der Waals surface area contributed by atoms with Crippen molar-refractivity contribution in [3.05, 3.63) is 87.9 Å². The van der Waals surface area contributed by atoms with Crippen LogP contribution in [0.3, 0.4) is 0 Å². The number of hydrogen-bond acceptors (Lipinski definition) is 4. The smallest absolute Gasteiger partial charge is 0.255 e. The molecule has 0 heterocycles. The third-order valence-corrected chi connectivity index (χ3v) is 6.95. The van der Waals surface area contributed by atoms with Gasteiger partial charge in [-0.3, -0.25) is 4.79 Å². The highest BCUT2D eigenvalue weighted by Gasteiger charge is 2.22. The zero-order chi connectivity index (χ0) is 22.6. The van der Waals surface area contributed by atoms with E-state index in [0.717, 1.165) is 0 Å². The Kier molecular flexibility index (Phi) is 7.23. The van der Waals surface area contributed by atoms with Gasteiger partial charge in [-0.05, 0) is 48.5 Å². The van der Waals surface area contributed by atoms with E-state index in [1.165, 1.54) is 30.6 Å². The van der Waals surface area contributed by atoms with Crippen LogP contribution in [0.2, 0.25) is 10.0 Å². The van der Waals surface area contributed by atoms with Crippen LogP contribution in [-0.4, -0.2) is 32.8 Å². The maximum Gasteiger partial charge on any atom is 0.255 e. The average Bonchev–Trinajstić information content (AvgIpc) is 2.76. The molecule has 31 heavy (non-hydrogen) atoms. The van der Waals surface area contributed by atoms with E-state index >= 15 is 0 Å². The standard InChI is InChI=1S/C22H20Cl2N2O4S/c1-26(31(28,29)18-6-4-3-5-7-18)14-16-12-15(8-11-21(16)30-2)22(27)25-20-13-17(23)9-10-19(20)24/h3-13H,14H2,1-2H3,(H,25,27). The van der Waals surface area contributed by atoms with Crippen molar-refractivity contribution in [3.8, 4) is 5.75 Å². The molecule has 0 aromatic heterocycles. The monoisotopic (exact) mass is 478 g/mol. The van der Waals surface area contributed by atoms with Gasteiger partial charge in [0.15, 0.2) is 0 Å². The lowest BCUT2D eigenvalue weighted by molar-refractivity contribution is 0.102. The molecule has 1 amide bonds. The van der Waals surface area contributed by atoms with Crippen LogP contribution in [0.25, 0.3) is 0 Å². The first-order valence-corrected chi connectivity index (χ1v) is 11.4. The van der Waals surface area contributed by atoms with Crippen molar-refractivity contribution in [2.75, 3.05) is 19.5 Å². The van der Waals surface area contributed by atoms with Crippen molar-refractivity contribution >= 4 is 44.8 Å². The summed E-state index contributed by atoms with van der Waals surface area (Å²) in [6.07, 6.45) is 0. The fourth-order valence-corrected chi connectivity index (χ4v) is 4.44. The molecule has 0 fully saturated rings. The number of benzene rings is 3. The third kappa shape index (κ3) is 5.37. The molecule has 1 N–H and O–H groups in total. The Labute approximate surface area is 191 Å². The van der Waals surface area contributed by atoms with Crippen molar-refractivity contribution in [1.29, 1.82) is 0 Å². The first-order valence-electron chi connectivity index (χ1n) is 9.17. The number of ether oxygens (including phenoxy) is 1. The molecule has 6 nitrogen and oxygen atoms in total. The van der Waals surface area contributed by atoms with E-state index in [0.29, 0.717) is 32.6 Å². The maximum atomic E-state index is 12.8. The molecule has 3 aromatic rings. The van der Waals surface area contributed by atoms with Crippen LogP contribution in [0, 0.1) is 0 Å². The fourth-order valence-electron chi connectivity index (χ4n) is 2.93. The zero-order valence-corrected chi connectivity index (χ0v) is 19.1. The Morgan fingerprint density at radius 1 is 1.03 bits per heavy atom. The van der Waals surface area contributed by atoms with Gasteiger partial charge in [-0.25, -0.2) is 8.42 Å². The lowest BCUT2D eigenvalue weighted by atomic mass is 10.1. The summed E-state index contributed by atoms with van der Waals surface area (Å²) in [5.74, 6) is 0.0501. The molecular formula is C22H20Cl2N2O4S. The van der Waals surface area contributed by atoms with Gasteiger partial charge < -0.3 is 10.1 Å². The summed E-state index contributed by atoms with van der Waals surface area (Å²) in [6.45, 7) is 0.0133. The van der Waals surface area contributed by atoms with Crippen LogP contribution in [0.1, 0.15) is 15.9 Å². The first-order chi connectivity index (χ1) is 14.7. The predicted molar refractivity (Wildman–Crippen MR) is 123 cm³/mol. The second kappa shape index (κ2) is 9.70. The molecule has 0 unspecified atom stereocenters. The molecule has 0 aliphatic carbocycles. The van der Waals surface area contributed by atoms with Crippen LogP contribution >= 0.6 is 23.2 Å². The van der Waals surface area contributed by atoms with Gasteiger partial charge in [-0.2, -0.15) is 4.31 Å². The van der Waals surface area contributed by atoms with Crippen molar-refractivity contribution < 1.29 is 17.9 Å². The zero-order valence-electron chi connectivity index (χ0n) is 16.8. The third-order valence-electron chi connectivity index (χ3n) is 4.56. The molecule has 0 bridgehead atoms. The fraction of sp³-hybridized carbons (Fsp3) is 0.136. The summed E-state index contributed by atoms with van der Waals surface area (Å²) in [5, 5.41) is 3.49. The average molecular weight is 479 g/mol. The quantitative estimate of drug-likeness (QED) is 0.513. The number of methoxy groups -OCH3 is 1. The lowest BCUT2D eigenvalue weighted by Crippen LogP contribution is -2.27. The van der Waals surface area contributed by atoms with Crippen molar-refractivity contribution in [2.24, 2.45) is 0 Å². The Balaban J connectivity index is 1.87. The van der Waals surface area contributed by atoms with Gasteiger partial charge in [-0.1, -0.05) is 41.4 Å². The summed E-state index contributed by atoms with van der Waals surface area (Å²) in [5.41, 5.74) is 1.23. The summed E-state index contributed by atoms with van der Waals surface area (Å²) in [6, 6.07) is 17.7. The molecule has 162 valence electrons. The normalized spacial score (nSPS) is 11.4. The Hall–Kier alpha value is -2.58. The SMILES string of the molecule is COc1ccc(C(=O)Nc2cc(Cl)ccc2Cl)cc1CN(C)S(=O)(=O)c1ccccc1. The molecule has 0 radical (unpaired) electrons. The van der Waals surface area contributed by atoms with Crippen LogP contribution in [0.4, 0.5) is 5.69 Å². The number of sulfonamides is 1. The van der Waals surface area contributed by atoms with E-state index in [1.807, 2.05) is 0 Å². The van der Waals surface area contributed by atoms with Gasteiger partial charge >= 0.3 is 0 Å². The molecule has 3 aromatic carbocycles. The van der Waals surface area contributed by atoms with E-state index in [1.54, 1.807) is 54.6 Å². The number of amides is 1. The van der Waals surface area contributed by atoms with E-state index < -0.39 is 15.9 Å². The molecule has 0 spiro atoms. The van der Waals surface area contributed by atoms with Crippen LogP contribution in [0.5, 0.6) is 5.75 Å². The van der Waals surface area contributed by atoms with Crippen molar-refractivity contribution in [2.45, 2.75) is 11.4 Å². The van der Waals surface area contributed by atoms with Gasteiger partial charge in [0, 0.05) is 29.7 Å². The number of carbonyl (C=O) groups excluding carboxylic acids is 1. The van der Waals surface area contributed by atoms with Crippen LogP contribution in [-0.2, 0) is 16.6 Å². The Morgan fingerprint density at radius 3 is 2.42 bits per heavy atom. The van der Waals surface area contributed by atoms with E-state index in [4.69, 9.17) is 27.9 Å². The van der Waals surface area contributed by atoms with E-state index in [2.05, 4.69) is 5.32 Å². The number of hydrogen-bond donors (Lipinski definition) is 1. The number of anilines is 1. The highest BCUT2D eigenvalue weighted by atomic mass is 35.5. The van der Waals surface area contributed by atoms with Crippen molar-refractivity contribution in [3.63, 3.8) is 0 Å². The topological polar surface area (TPSA) is 75.7 Å². The van der Waals surface area contributed by atoms with Gasteiger partial charge in [-0.15, -0.1) is 0 Å². The lowest BCUT2D eigenvalue weighted by Gasteiger charge is -2.19. The minimum atomic E-state index is -3.71. The molecule has 0 atom stereocenters. The minimum Gasteiger partial charge on any atom is -0.496 e. The minimum absolute atomic E-state index is 0.0133. The highest BCUT2D eigenvalue weighted by Crippen LogP contribution is 2.28. The van der Waals surface area contributed by atoms with Crippen LogP contribution < -0.4 is 10.1 Å². The number of nitrogens with zero attached hydrogens (tertiary/aromatic N) is 1. The largest absolute Gasteiger partial charge is 0.496 e. The van der Waals surface area contributed by atoms with E-state index in [-0.39, 0.29) is 11.4 Å². The Morgan fingerprint density at radius 2 is 1.74 bits per heavy atom. The molecule has 0 aliphatic heterocycles.